The molecule has 0 aliphatic carbocycles. The molecule has 1 aromatic heterocycles. The minimum Gasteiger partial charge on any atom is -0.504 e. The topological polar surface area (TPSA) is 70.7 Å². The molecule has 1 aromatic carbocycles. The first kappa shape index (κ1) is 16.9. The van der Waals surface area contributed by atoms with Gasteiger partial charge in [-0.3, -0.25) is 0 Å². The molecule has 0 fully saturated rings. The highest BCUT2D eigenvalue weighted by Crippen LogP contribution is 2.40. The van der Waals surface area contributed by atoms with Crippen LogP contribution in [-0.2, 0) is 12.8 Å². The maximum atomic E-state index is 11.6. The highest BCUT2D eigenvalue weighted by atomic mass is 16.4. The molecule has 23 heavy (non-hydrogen) atoms. The predicted octanol–water partition coefficient (Wildman–Crippen LogP) is 4.22. The molecule has 1 heterocycles. The van der Waals surface area contributed by atoms with Crippen molar-refractivity contribution < 1.29 is 14.6 Å². The van der Waals surface area contributed by atoms with Gasteiger partial charge in [0, 0.05) is 22.6 Å². The van der Waals surface area contributed by atoms with Crippen molar-refractivity contribution in [2.24, 2.45) is 0 Å². The van der Waals surface area contributed by atoms with Crippen molar-refractivity contribution in [3.05, 3.63) is 57.0 Å². The van der Waals surface area contributed by atoms with Crippen LogP contribution >= 0.6 is 0 Å². The average Bonchev–Trinajstić information content (AvgIpc) is 2.47. The monoisotopic (exact) mass is 314 g/mol. The number of allylic oxidation sites excluding steroid dienone is 4. The molecule has 0 bridgehead atoms. The van der Waals surface area contributed by atoms with Crippen molar-refractivity contribution in [2.45, 2.75) is 40.5 Å². The van der Waals surface area contributed by atoms with Gasteiger partial charge in [0.15, 0.2) is 11.5 Å². The van der Waals surface area contributed by atoms with E-state index in [1.165, 1.54) is 6.07 Å². The molecule has 2 N–H and O–H groups in total. The van der Waals surface area contributed by atoms with E-state index in [4.69, 9.17) is 4.42 Å². The Bertz CT molecular complexity index is 846. The van der Waals surface area contributed by atoms with E-state index >= 15 is 0 Å². The molecule has 0 radical (unpaired) electrons. The Morgan fingerprint density at radius 3 is 2.04 bits per heavy atom. The summed E-state index contributed by atoms with van der Waals surface area (Å²) >= 11 is 0. The summed E-state index contributed by atoms with van der Waals surface area (Å²) in [6.45, 7) is 7.81. The van der Waals surface area contributed by atoms with Gasteiger partial charge in [-0.1, -0.05) is 23.3 Å². The summed E-state index contributed by atoms with van der Waals surface area (Å²) in [7, 11) is 0. The smallest absolute Gasteiger partial charge is 0.336 e. The van der Waals surface area contributed by atoms with E-state index in [1.54, 1.807) is 6.07 Å². The van der Waals surface area contributed by atoms with Crippen molar-refractivity contribution >= 4 is 11.0 Å². The molecule has 0 spiro atoms. The minimum absolute atomic E-state index is 0.152. The van der Waals surface area contributed by atoms with Crippen molar-refractivity contribution in [3.63, 3.8) is 0 Å². The Hall–Kier alpha value is -2.49. The van der Waals surface area contributed by atoms with Gasteiger partial charge >= 0.3 is 5.63 Å². The van der Waals surface area contributed by atoms with E-state index in [-0.39, 0.29) is 11.5 Å². The molecule has 2 rings (SSSR count). The minimum atomic E-state index is -0.478. The van der Waals surface area contributed by atoms with Crippen molar-refractivity contribution in [3.8, 4) is 11.5 Å². The highest BCUT2D eigenvalue weighted by Gasteiger charge is 2.19. The Balaban J connectivity index is 2.78. The summed E-state index contributed by atoms with van der Waals surface area (Å²) in [6, 6.07) is 2.97. The molecule has 0 aliphatic rings. The number of hydrogen-bond acceptors (Lipinski definition) is 4. The van der Waals surface area contributed by atoms with Crippen LogP contribution in [0.3, 0.4) is 0 Å². The third kappa shape index (κ3) is 3.65. The molecule has 0 saturated heterocycles. The van der Waals surface area contributed by atoms with Gasteiger partial charge in [0.1, 0.15) is 5.58 Å². The number of rotatable bonds is 4. The van der Waals surface area contributed by atoms with Crippen LogP contribution in [-0.4, -0.2) is 10.2 Å². The summed E-state index contributed by atoms with van der Waals surface area (Å²) in [4.78, 5) is 11.6. The molecule has 0 unspecified atom stereocenters. The summed E-state index contributed by atoms with van der Waals surface area (Å²) in [5.41, 5.74) is 3.02. The second-order valence-electron chi connectivity index (χ2n) is 6.12. The third-order valence-electron chi connectivity index (χ3n) is 3.66. The zero-order chi connectivity index (χ0) is 17.1. The fourth-order valence-corrected chi connectivity index (χ4v) is 2.41. The zero-order valence-electron chi connectivity index (χ0n) is 13.9. The van der Waals surface area contributed by atoms with E-state index in [2.05, 4.69) is 0 Å². The Kier molecular flexibility index (Phi) is 4.94. The van der Waals surface area contributed by atoms with Crippen LogP contribution < -0.4 is 5.63 Å². The van der Waals surface area contributed by atoms with Crippen molar-refractivity contribution in [1.82, 2.24) is 0 Å². The van der Waals surface area contributed by atoms with Gasteiger partial charge in [-0.25, -0.2) is 4.79 Å². The molecular weight excluding hydrogens is 292 g/mol. The van der Waals surface area contributed by atoms with E-state index < -0.39 is 5.63 Å². The molecule has 0 aliphatic heterocycles. The highest BCUT2D eigenvalue weighted by molar-refractivity contribution is 5.89. The average molecular weight is 314 g/mol. The van der Waals surface area contributed by atoms with Crippen LogP contribution in [0.2, 0.25) is 0 Å². The Morgan fingerprint density at radius 1 is 0.957 bits per heavy atom. The maximum absolute atomic E-state index is 11.6. The van der Waals surface area contributed by atoms with E-state index in [1.807, 2.05) is 39.8 Å². The molecule has 0 amide bonds. The van der Waals surface area contributed by atoms with E-state index in [0.29, 0.717) is 34.9 Å². The fourth-order valence-electron chi connectivity index (χ4n) is 2.41. The lowest BCUT2D eigenvalue weighted by Crippen LogP contribution is -2.00. The zero-order valence-corrected chi connectivity index (χ0v) is 13.9. The quantitative estimate of drug-likeness (QED) is 0.503. The fraction of sp³-hybridized carbons (Fsp3) is 0.316. The van der Waals surface area contributed by atoms with Gasteiger partial charge in [-0.15, -0.1) is 0 Å². The summed E-state index contributed by atoms with van der Waals surface area (Å²) in [5, 5.41) is 21.4. The van der Waals surface area contributed by atoms with Gasteiger partial charge in [0.05, 0.1) is 0 Å². The SMILES string of the molecule is CC(C)=CCc1c(O)c(O)c(CC=C(C)C)c2oc(=O)ccc12. The molecule has 122 valence electrons. The standard InChI is InChI=1S/C19H22O4/c1-11(2)5-7-13-14-9-10-16(20)23-19(14)15(8-6-12(3)4)18(22)17(13)21/h5-6,9-10,21-22H,7-8H2,1-4H3. The Morgan fingerprint density at radius 2 is 1.48 bits per heavy atom. The van der Waals surface area contributed by atoms with Gasteiger partial charge in [0.2, 0.25) is 0 Å². The number of phenols is 2. The molecule has 0 saturated carbocycles. The van der Waals surface area contributed by atoms with Gasteiger partial charge in [-0.2, -0.15) is 0 Å². The van der Waals surface area contributed by atoms with Crippen LogP contribution in [0, 0.1) is 0 Å². The number of fused-ring (bicyclic) bond motifs is 1. The lowest BCUT2D eigenvalue weighted by atomic mass is 9.97. The van der Waals surface area contributed by atoms with Gasteiger partial charge in [0.25, 0.3) is 0 Å². The number of benzene rings is 1. The number of phenolic OH excluding ortho intramolecular Hbond substituents is 2. The number of aromatic hydroxyl groups is 2. The van der Waals surface area contributed by atoms with Crippen LogP contribution in [0.5, 0.6) is 11.5 Å². The molecule has 4 heteroatoms. The largest absolute Gasteiger partial charge is 0.504 e. The van der Waals surface area contributed by atoms with E-state index in [0.717, 1.165) is 11.1 Å². The molecule has 0 atom stereocenters. The normalized spacial score (nSPS) is 10.6. The van der Waals surface area contributed by atoms with Crippen LogP contribution in [0.1, 0.15) is 38.8 Å². The van der Waals surface area contributed by atoms with Crippen LogP contribution in [0.15, 0.2) is 44.6 Å². The summed E-state index contributed by atoms with van der Waals surface area (Å²) in [5.74, 6) is -0.373. The predicted molar refractivity (Wildman–Crippen MR) is 92.1 cm³/mol. The van der Waals surface area contributed by atoms with Crippen molar-refractivity contribution in [2.75, 3.05) is 0 Å². The van der Waals surface area contributed by atoms with Gasteiger partial charge < -0.3 is 14.6 Å². The van der Waals surface area contributed by atoms with E-state index in [9.17, 15) is 15.0 Å². The molecule has 4 nitrogen and oxygen atoms in total. The van der Waals surface area contributed by atoms with Gasteiger partial charge in [-0.05, 0) is 46.6 Å². The number of hydrogen-bond donors (Lipinski definition) is 2. The second kappa shape index (κ2) is 6.73. The molecular formula is C19H22O4. The lowest BCUT2D eigenvalue weighted by Gasteiger charge is -2.13. The Labute approximate surface area is 135 Å². The first-order chi connectivity index (χ1) is 10.8. The maximum Gasteiger partial charge on any atom is 0.336 e. The molecule has 2 aromatic rings. The first-order valence-corrected chi connectivity index (χ1v) is 7.57. The second-order valence-corrected chi connectivity index (χ2v) is 6.12. The summed E-state index contributed by atoms with van der Waals surface area (Å²) in [6.07, 6.45) is 4.70. The van der Waals surface area contributed by atoms with Crippen LogP contribution in [0.25, 0.3) is 11.0 Å². The van der Waals surface area contributed by atoms with Crippen LogP contribution in [0.4, 0.5) is 0 Å². The third-order valence-corrected chi connectivity index (χ3v) is 3.66. The summed E-state index contributed by atoms with van der Waals surface area (Å²) < 4.78 is 5.33. The first-order valence-electron chi connectivity index (χ1n) is 7.57. The van der Waals surface area contributed by atoms with Crippen molar-refractivity contribution in [1.29, 1.82) is 0 Å². The lowest BCUT2D eigenvalue weighted by molar-refractivity contribution is 0.396.